The lowest BCUT2D eigenvalue weighted by Crippen LogP contribution is -2.00. The van der Waals surface area contributed by atoms with Crippen LogP contribution in [-0.4, -0.2) is 20.8 Å². The van der Waals surface area contributed by atoms with Crippen LogP contribution in [0.3, 0.4) is 0 Å². The number of hydrogen-bond donors (Lipinski definition) is 1. The van der Waals surface area contributed by atoms with Crippen LogP contribution < -0.4 is 5.73 Å². The summed E-state index contributed by atoms with van der Waals surface area (Å²) in [7, 11) is 0. The molecule has 80 valence electrons. The fourth-order valence-corrected chi connectivity index (χ4v) is 1.20. The second-order valence-corrected chi connectivity index (χ2v) is 3.45. The summed E-state index contributed by atoms with van der Waals surface area (Å²) < 4.78 is 3.90. The Morgan fingerprint density at radius 3 is 3.00 bits per heavy atom. The maximum atomic E-state index is 10.3. The van der Waals surface area contributed by atoms with Crippen LogP contribution in [0, 0.1) is 0 Å². The number of nitrogen functional groups attached to an aromatic ring is 1. The molecule has 6 nitrogen and oxygen atoms in total. The molecule has 0 aromatic carbocycles. The molecule has 0 radical (unpaired) electrons. The van der Waals surface area contributed by atoms with Crippen LogP contribution in [0.25, 0.3) is 0 Å². The van der Waals surface area contributed by atoms with Crippen LogP contribution in [0.1, 0.15) is 11.9 Å². The third-order valence-electron chi connectivity index (χ3n) is 1.25. The van der Waals surface area contributed by atoms with Crippen molar-refractivity contribution in [3.8, 4) is 0 Å². The predicted molar refractivity (Wildman–Crippen MR) is 57.7 cm³/mol. The highest BCUT2D eigenvalue weighted by atomic mass is 35.5. The van der Waals surface area contributed by atoms with E-state index in [-0.39, 0.29) is 0 Å². The first kappa shape index (κ1) is 11.6. The Morgan fingerprint density at radius 1 is 1.80 bits per heavy atom. The average molecular weight is 247 g/mol. The van der Waals surface area contributed by atoms with Crippen molar-refractivity contribution in [1.29, 1.82) is 0 Å². The van der Waals surface area contributed by atoms with Gasteiger partial charge in [-0.2, -0.15) is 9.36 Å². The van der Waals surface area contributed by atoms with Gasteiger partial charge in [0.15, 0.2) is 11.0 Å². The molecule has 1 rings (SSSR count). The summed E-state index contributed by atoms with van der Waals surface area (Å²) in [5.74, 6) is 0.340. The molecular formula is C7H7ClN4O2S. The largest absolute Gasteiger partial charge is 0.380 e. The van der Waals surface area contributed by atoms with Gasteiger partial charge in [-0.1, -0.05) is 11.7 Å². The van der Waals surface area contributed by atoms with Gasteiger partial charge in [0, 0.05) is 11.5 Å². The van der Waals surface area contributed by atoms with Gasteiger partial charge in [0.1, 0.15) is 6.21 Å². The molecule has 2 N–H and O–H groups in total. The van der Waals surface area contributed by atoms with E-state index in [1.54, 1.807) is 0 Å². The standard InChI is InChI=1S/C7H7ClN4O2S/c1-2-4(14-10-3-5(8)13)6-11-7(9)15-12-6/h2-4H,1H2,(H2,9,11,12). The van der Waals surface area contributed by atoms with Crippen molar-refractivity contribution in [3.63, 3.8) is 0 Å². The zero-order valence-corrected chi connectivity index (χ0v) is 9.03. The lowest BCUT2D eigenvalue weighted by Gasteiger charge is -2.04. The third-order valence-corrected chi connectivity index (χ3v) is 1.91. The molecule has 0 aliphatic carbocycles. The van der Waals surface area contributed by atoms with Crippen molar-refractivity contribution in [2.75, 3.05) is 5.73 Å². The molecule has 1 unspecified atom stereocenters. The van der Waals surface area contributed by atoms with Crippen molar-refractivity contribution in [2.45, 2.75) is 6.10 Å². The van der Waals surface area contributed by atoms with Crippen LogP contribution in [0.2, 0.25) is 0 Å². The Labute approximate surface area is 94.6 Å². The summed E-state index contributed by atoms with van der Waals surface area (Å²) in [5.41, 5.74) is 5.39. The number of oxime groups is 1. The highest BCUT2D eigenvalue weighted by Gasteiger charge is 2.13. The van der Waals surface area contributed by atoms with Crippen molar-refractivity contribution >= 4 is 39.7 Å². The SMILES string of the molecule is C=CC(ON=CC(=O)Cl)c1nsc(N)n1. The van der Waals surface area contributed by atoms with E-state index in [4.69, 9.17) is 22.2 Å². The van der Waals surface area contributed by atoms with Crippen LogP contribution in [0.5, 0.6) is 0 Å². The number of halogens is 1. The smallest absolute Gasteiger partial charge is 0.266 e. The molecule has 0 bridgehead atoms. The third kappa shape index (κ3) is 3.64. The Morgan fingerprint density at radius 2 is 2.53 bits per heavy atom. The summed E-state index contributed by atoms with van der Waals surface area (Å²) in [5, 5.41) is 2.92. The Balaban J connectivity index is 2.64. The van der Waals surface area contributed by atoms with Gasteiger partial charge >= 0.3 is 0 Å². The van der Waals surface area contributed by atoms with Crippen molar-refractivity contribution in [3.05, 3.63) is 18.5 Å². The molecule has 0 fully saturated rings. The maximum Gasteiger partial charge on any atom is 0.266 e. The Hall–Kier alpha value is -1.47. The minimum absolute atomic E-state index is 0.317. The quantitative estimate of drug-likeness (QED) is 0.364. The summed E-state index contributed by atoms with van der Waals surface area (Å²) in [6.45, 7) is 3.51. The van der Waals surface area contributed by atoms with Crippen LogP contribution >= 0.6 is 23.1 Å². The molecule has 0 aliphatic rings. The van der Waals surface area contributed by atoms with Crippen LogP contribution in [-0.2, 0) is 9.63 Å². The van der Waals surface area contributed by atoms with Gasteiger partial charge < -0.3 is 10.6 Å². The molecule has 0 saturated carbocycles. The molecular weight excluding hydrogens is 240 g/mol. The molecule has 0 amide bonds. The molecule has 15 heavy (non-hydrogen) atoms. The second-order valence-electron chi connectivity index (χ2n) is 2.29. The summed E-state index contributed by atoms with van der Waals surface area (Å²) >= 11 is 6.04. The molecule has 8 heteroatoms. The molecule has 1 aromatic heterocycles. The van der Waals surface area contributed by atoms with Crippen LogP contribution in [0.4, 0.5) is 5.13 Å². The highest BCUT2D eigenvalue weighted by Crippen LogP contribution is 2.18. The van der Waals surface area contributed by atoms with Gasteiger partial charge in [0.25, 0.3) is 5.24 Å². The van der Waals surface area contributed by atoms with Gasteiger partial charge in [0.05, 0.1) is 0 Å². The number of aromatic nitrogens is 2. The minimum atomic E-state index is -0.733. The Bertz CT molecular complexity index is 392. The fraction of sp³-hybridized carbons (Fsp3) is 0.143. The minimum Gasteiger partial charge on any atom is -0.380 e. The molecule has 1 atom stereocenters. The zero-order chi connectivity index (χ0) is 11.3. The van der Waals surface area contributed by atoms with E-state index >= 15 is 0 Å². The van der Waals surface area contributed by atoms with E-state index in [9.17, 15) is 4.79 Å². The van der Waals surface area contributed by atoms with Crippen molar-refractivity contribution in [2.24, 2.45) is 5.16 Å². The van der Waals surface area contributed by atoms with Crippen molar-refractivity contribution < 1.29 is 9.63 Å². The number of anilines is 1. The molecule has 1 aromatic rings. The van der Waals surface area contributed by atoms with E-state index in [0.717, 1.165) is 17.7 Å². The van der Waals surface area contributed by atoms with E-state index in [2.05, 4.69) is 21.1 Å². The molecule has 0 spiro atoms. The van der Waals surface area contributed by atoms with E-state index in [1.807, 2.05) is 0 Å². The van der Waals surface area contributed by atoms with Crippen LogP contribution in [0.15, 0.2) is 17.8 Å². The summed E-state index contributed by atoms with van der Waals surface area (Å²) in [6, 6.07) is 0. The highest BCUT2D eigenvalue weighted by molar-refractivity contribution is 7.09. The predicted octanol–water partition coefficient (Wildman–Crippen LogP) is 1.12. The zero-order valence-electron chi connectivity index (χ0n) is 7.46. The van der Waals surface area contributed by atoms with Gasteiger partial charge in [-0.15, -0.1) is 0 Å². The lowest BCUT2D eigenvalue weighted by atomic mass is 10.3. The van der Waals surface area contributed by atoms with E-state index in [0.29, 0.717) is 11.0 Å². The van der Waals surface area contributed by atoms with E-state index < -0.39 is 11.3 Å². The number of nitrogens with zero attached hydrogens (tertiary/aromatic N) is 3. The molecule has 0 aliphatic heterocycles. The topological polar surface area (TPSA) is 90.5 Å². The van der Waals surface area contributed by atoms with Crippen molar-refractivity contribution in [1.82, 2.24) is 9.36 Å². The number of rotatable bonds is 5. The van der Waals surface area contributed by atoms with Gasteiger partial charge in [-0.25, -0.2) is 0 Å². The molecule has 0 saturated heterocycles. The first-order valence-electron chi connectivity index (χ1n) is 3.73. The van der Waals surface area contributed by atoms with Gasteiger partial charge in [-0.05, 0) is 17.7 Å². The number of hydrogen-bond acceptors (Lipinski definition) is 7. The monoisotopic (exact) mass is 246 g/mol. The molecule has 1 heterocycles. The Kier molecular flexibility index (Phi) is 4.19. The summed E-state index contributed by atoms with van der Waals surface area (Å²) in [4.78, 5) is 19.1. The average Bonchev–Trinajstić information content (AvgIpc) is 2.59. The first-order chi connectivity index (χ1) is 7.13. The lowest BCUT2D eigenvalue weighted by molar-refractivity contribution is -0.106. The normalized spacial score (nSPS) is 12.6. The fourth-order valence-electron chi connectivity index (χ4n) is 0.696. The van der Waals surface area contributed by atoms with Gasteiger partial charge in [0.2, 0.25) is 6.10 Å². The second kappa shape index (κ2) is 5.42. The maximum absolute atomic E-state index is 10.3. The van der Waals surface area contributed by atoms with Gasteiger partial charge in [-0.3, -0.25) is 4.79 Å². The number of carbonyl (C=O) groups excluding carboxylic acids is 1. The summed E-state index contributed by atoms with van der Waals surface area (Å²) in [6.07, 6.45) is 1.61. The number of nitrogens with two attached hydrogens (primary N) is 1. The van der Waals surface area contributed by atoms with E-state index in [1.165, 1.54) is 6.08 Å². The number of carbonyl (C=O) groups is 1. The first-order valence-corrected chi connectivity index (χ1v) is 4.89.